The Bertz CT molecular complexity index is 455. The molecule has 1 aromatic carbocycles. The minimum Gasteiger partial charge on any atom is -0.318 e. The molecule has 1 aromatic rings. The number of aryl methyl sites for hydroxylation is 1. The van der Waals surface area contributed by atoms with Gasteiger partial charge in [-0.25, -0.2) is 0 Å². The van der Waals surface area contributed by atoms with Gasteiger partial charge in [0.1, 0.15) is 5.78 Å². The average Bonchev–Trinajstić information content (AvgIpc) is 2.26. The van der Waals surface area contributed by atoms with Gasteiger partial charge in [0, 0.05) is 12.1 Å². The van der Waals surface area contributed by atoms with E-state index < -0.39 is 12.1 Å². The molecule has 98 valence electrons. The number of benzene rings is 1. The lowest BCUT2D eigenvalue weighted by molar-refractivity contribution is -0.167. The Labute approximate surface area is 102 Å². The molecule has 0 spiro atoms. The van der Waals surface area contributed by atoms with Crippen LogP contribution in [0, 0.1) is 0 Å². The van der Waals surface area contributed by atoms with Crippen LogP contribution in [-0.2, 0) is 16.0 Å². The van der Waals surface area contributed by atoms with Gasteiger partial charge in [-0.15, -0.1) is 0 Å². The van der Waals surface area contributed by atoms with Crippen molar-refractivity contribution >= 4 is 17.4 Å². The Morgan fingerprint density at radius 3 is 2.39 bits per heavy atom. The number of hydrogen-bond donors (Lipinski definition) is 1. The smallest absolute Gasteiger partial charge is 0.318 e. The number of amides is 1. The summed E-state index contributed by atoms with van der Waals surface area (Å²) < 4.78 is 36.3. The normalized spacial score (nSPS) is 11.1. The molecule has 0 atom stereocenters. The maximum absolute atomic E-state index is 12.1. The fourth-order valence-corrected chi connectivity index (χ4v) is 1.36. The molecule has 18 heavy (non-hydrogen) atoms. The van der Waals surface area contributed by atoms with Crippen LogP contribution in [-0.4, -0.2) is 17.9 Å². The zero-order chi connectivity index (χ0) is 13.8. The summed E-state index contributed by atoms with van der Waals surface area (Å²) in [5.41, 5.74) is 0.589. The Morgan fingerprint density at radius 2 is 1.83 bits per heavy atom. The third-order valence-corrected chi connectivity index (χ3v) is 2.27. The van der Waals surface area contributed by atoms with E-state index in [0.717, 1.165) is 0 Å². The Morgan fingerprint density at radius 1 is 1.22 bits per heavy atom. The van der Waals surface area contributed by atoms with Crippen molar-refractivity contribution in [1.29, 1.82) is 0 Å². The molecular formula is C12H12F3NO2. The van der Waals surface area contributed by atoms with Crippen LogP contribution in [0.25, 0.3) is 0 Å². The lowest BCUT2D eigenvalue weighted by Gasteiger charge is -2.11. The van der Waals surface area contributed by atoms with E-state index in [4.69, 9.17) is 0 Å². The molecular weight excluding hydrogens is 247 g/mol. The van der Waals surface area contributed by atoms with Gasteiger partial charge in [0.2, 0.25) is 0 Å². The predicted octanol–water partition coefficient (Wildman–Crippen LogP) is 2.71. The van der Waals surface area contributed by atoms with Gasteiger partial charge in [0.15, 0.2) is 0 Å². The average molecular weight is 259 g/mol. The molecule has 1 rings (SSSR count). The first-order chi connectivity index (χ1) is 8.30. The molecule has 3 nitrogen and oxygen atoms in total. The maximum atomic E-state index is 12.1. The van der Waals surface area contributed by atoms with E-state index >= 15 is 0 Å². The van der Waals surface area contributed by atoms with Crippen LogP contribution in [0.3, 0.4) is 0 Å². The summed E-state index contributed by atoms with van der Waals surface area (Å²) in [5, 5.41) is 1.80. The van der Waals surface area contributed by atoms with Crippen LogP contribution in [0.5, 0.6) is 0 Å². The molecule has 0 aromatic heterocycles. The Balaban J connectivity index is 2.82. The summed E-state index contributed by atoms with van der Waals surface area (Å²) in [6.07, 6.45) is -4.41. The third kappa shape index (κ3) is 4.20. The van der Waals surface area contributed by atoms with E-state index in [1.165, 1.54) is 19.1 Å². The number of alkyl halides is 3. The number of rotatable bonds is 4. The second-order valence-electron chi connectivity index (χ2n) is 3.81. The molecule has 0 aliphatic heterocycles. The van der Waals surface area contributed by atoms with Gasteiger partial charge in [0.05, 0.1) is 0 Å². The number of nitrogens with one attached hydrogen (secondary N) is 1. The van der Waals surface area contributed by atoms with Gasteiger partial charge in [0.25, 0.3) is 0 Å². The van der Waals surface area contributed by atoms with Crippen LogP contribution in [0.2, 0.25) is 0 Å². The van der Waals surface area contributed by atoms with Crippen molar-refractivity contribution in [3.8, 4) is 0 Å². The van der Waals surface area contributed by atoms with E-state index in [1.54, 1.807) is 17.4 Å². The second kappa shape index (κ2) is 5.66. The van der Waals surface area contributed by atoms with Gasteiger partial charge < -0.3 is 10.1 Å². The van der Waals surface area contributed by atoms with Crippen molar-refractivity contribution < 1.29 is 22.8 Å². The monoisotopic (exact) mass is 259 g/mol. The zero-order valence-corrected chi connectivity index (χ0v) is 9.67. The highest BCUT2D eigenvalue weighted by Gasteiger charge is 2.38. The molecule has 0 unspecified atom stereocenters. The number of carbonyl (C=O) groups is 2. The van der Waals surface area contributed by atoms with Gasteiger partial charge in [-0.1, -0.05) is 18.2 Å². The van der Waals surface area contributed by atoms with Crippen molar-refractivity contribution in [1.82, 2.24) is 0 Å². The quantitative estimate of drug-likeness (QED) is 0.903. The minimum absolute atomic E-state index is 0.0630. The number of hydrogen-bond acceptors (Lipinski definition) is 2. The van der Waals surface area contributed by atoms with Gasteiger partial charge in [-0.2, -0.15) is 13.2 Å². The van der Waals surface area contributed by atoms with Crippen molar-refractivity contribution in [3.05, 3.63) is 29.8 Å². The minimum atomic E-state index is -4.92. The maximum Gasteiger partial charge on any atom is 0.471 e. The number of Topliss-reactive ketones (excluding diaryl/α,β-unsaturated/α-hetero) is 1. The van der Waals surface area contributed by atoms with Crippen LogP contribution in [0.15, 0.2) is 24.3 Å². The second-order valence-corrected chi connectivity index (χ2v) is 3.81. The molecule has 0 radical (unpaired) electrons. The fraction of sp³-hybridized carbons (Fsp3) is 0.333. The van der Waals surface area contributed by atoms with Crippen molar-refractivity contribution in [2.45, 2.75) is 25.9 Å². The first-order valence-electron chi connectivity index (χ1n) is 5.26. The van der Waals surface area contributed by atoms with E-state index in [9.17, 15) is 22.8 Å². The van der Waals surface area contributed by atoms with Crippen LogP contribution >= 0.6 is 0 Å². The zero-order valence-electron chi connectivity index (χ0n) is 9.67. The lowest BCUT2D eigenvalue weighted by atomic mass is 10.1. The summed E-state index contributed by atoms with van der Waals surface area (Å²) in [4.78, 5) is 21.7. The largest absolute Gasteiger partial charge is 0.471 e. The van der Waals surface area contributed by atoms with Gasteiger partial charge >= 0.3 is 12.1 Å². The van der Waals surface area contributed by atoms with Crippen molar-refractivity contribution in [2.75, 3.05) is 5.32 Å². The molecule has 1 N–H and O–H groups in total. The SMILES string of the molecule is CC(=O)CCc1ccccc1NC(=O)C(F)(F)F. The highest BCUT2D eigenvalue weighted by Crippen LogP contribution is 2.21. The summed E-state index contributed by atoms with van der Waals surface area (Å²) in [5.74, 6) is -2.08. The summed E-state index contributed by atoms with van der Waals surface area (Å²) >= 11 is 0. The number of carbonyl (C=O) groups excluding carboxylic acids is 2. The number of halogens is 3. The highest BCUT2D eigenvalue weighted by molar-refractivity contribution is 5.95. The molecule has 0 saturated carbocycles. The van der Waals surface area contributed by atoms with Crippen molar-refractivity contribution in [2.24, 2.45) is 0 Å². The van der Waals surface area contributed by atoms with E-state index in [2.05, 4.69) is 0 Å². The first kappa shape index (κ1) is 14.2. The first-order valence-corrected chi connectivity index (χ1v) is 5.26. The Kier molecular flexibility index (Phi) is 4.47. The van der Waals surface area contributed by atoms with E-state index in [-0.39, 0.29) is 17.9 Å². The number of para-hydroxylation sites is 1. The van der Waals surface area contributed by atoms with Crippen molar-refractivity contribution in [3.63, 3.8) is 0 Å². The molecule has 0 bridgehead atoms. The van der Waals surface area contributed by atoms with Crippen LogP contribution < -0.4 is 5.32 Å². The fourth-order valence-electron chi connectivity index (χ4n) is 1.36. The standard InChI is InChI=1S/C12H12F3NO2/c1-8(17)6-7-9-4-2-3-5-10(9)16-11(18)12(13,14)15/h2-5H,6-7H2,1H3,(H,16,18). The van der Waals surface area contributed by atoms with Gasteiger partial charge in [-0.3, -0.25) is 4.79 Å². The molecule has 0 fully saturated rings. The molecule has 0 aliphatic carbocycles. The van der Waals surface area contributed by atoms with Crippen LogP contribution in [0.1, 0.15) is 18.9 Å². The highest BCUT2D eigenvalue weighted by atomic mass is 19.4. The topological polar surface area (TPSA) is 46.2 Å². The molecule has 1 amide bonds. The van der Waals surface area contributed by atoms with E-state index in [0.29, 0.717) is 12.0 Å². The molecule has 0 saturated heterocycles. The third-order valence-electron chi connectivity index (χ3n) is 2.27. The van der Waals surface area contributed by atoms with E-state index in [1.807, 2.05) is 0 Å². The van der Waals surface area contributed by atoms with Gasteiger partial charge in [-0.05, 0) is 25.0 Å². The summed E-state index contributed by atoms with van der Waals surface area (Å²) in [7, 11) is 0. The summed E-state index contributed by atoms with van der Waals surface area (Å²) in [6, 6.07) is 6.11. The molecule has 0 heterocycles. The number of ketones is 1. The molecule has 0 aliphatic rings. The predicted molar refractivity (Wildman–Crippen MR) is 60.1 cm³/mol. The summed E-state index contributed by atoms with van der Waals surface area (Å²) in [6.45, 7) is 1.40. The Hall–Kier alpha value is -1.85. The van der Waals surface area contributed by atoms with Crippen LogP contribution in [0.4, 0.5) is 18.9 Å². The lowest BCUT2D eigenvalue weighted by Crippen LogP contribution is -2.30. The number of anilines is 1. The molecule has 6 heteroatoms.